The van der Waals surface area contributed by atoms with Crippen LogP contribution in [0.1, 0.15) is 45.6 Å². The van der Waals surface area contributed by atoms with E-state index in [4.69, 9.17) is 14.7 Å². The fourth-order valence-corrected chi connectivity index (χ4v) is 5.54. The van der Waals surface area contributed by atoms with Crippen molar-refractivity contribution in [3.63, 3.8) is 0 Å². The van der Waals surface area contributed by atoms with Crippen molar-refractivity contribution in [2.75, 3.05) is 67.5 Å². The molecule has 1 atom stereocenters. The van der Waals surface area contributed by atoms with Gasteiger partial charge in [-0.15, -0.1) is 0 Å². The number of nitrogens with zero attached hydrogens (tertiary/aromatic N) is 8. The van der Waals surface area contributed by atoms with Crippen LogP contribution in [0.5, 0.6) is 0 Å². The third-order valence-electron chi connectivity index (χ3n) is 7.73. The monoisotopic (exact) mass is 534 g/mol. The van der Waals surface area contributed by atoms with Gasteiger partial charge < -0.3 is 30.1 Å². The van der Waals surface area contributed by atoms with Crippen LogP contribution in [0.25, 0.3) is 10.9 Å². The summed E-state index contributed by atoms with van der Waals surface area (Å²) in [6.07, 6.45) is 8.24. The minimum Gasteiger partial charge on any atom is -0.376 e. The van der Waals surface area contributed by atoms with E-state index in [0.29, 0.717) is 44.5 Å². The number of hydrogen-bond acceptors (Lipinski definition) is 9. The second-order valence-corrected chi connectivity index (χ2v) is 10.8. The van der Waals surface area contributed by atoms with Gasteiger partial charge >= 0.3 is 6.03 Å². The Morgan fingerprint density at radius 3 is 2.44 bits per heavy atom. The normalized spacial score (nSPS) is 19.9. The van der Waals surface area contributed by atoms with Crippen LogP contribution in [0.15, 0.2) is 24.5 Å². The van der Waals surface area contributed by atoms with E-state index in [2.05, 4.69) is 50.4 Å². The molecule has 2 amide bonds. The summed E-state index contributed by atoms with van der Waals surface area (Å²) in [5, 5.41) is 11.9. The van der Waals surface area contributed by atoms with Crippen LogP contribution in [-0.2, 0) is 4.74 Å². The molecular formula is C27H38N10O2. The van der Waals surface area contributed by atoms with E-state index in [1.165, 1.54) is 12.8 Å². The highest BCUT2D eigenvalue weighted by Crippen LogP contribution is 2.27. The predicted octanol–water partition coefficient (Wildman–Crippen LogP) is 3.16. The molecule has 0 radical (unpaired) electrons. The summed E-state index contributed by atoms with van der Waals surface area (Å²) < 4.78 is 7.62. The van der Waals surface area contributed by atoms with E-state index >= 15 is 0 Å². The number of anilines is 4. The van der Waals surface area contributed by atoms with Gasteiger partial charge in [-0.05, 0) is 39.5 Å². The highest BCUT2D eigenvalue weighted by Gasteiger charge is 2.25. The van der Waals surface area contributed by atoms with Crippen LogP contribution in [0.3, 0.4) is 0 Å². The summed E-state index contributed by atoms with van der Waals surface area (Å²) in [6, 6.07) is 4.31. The number of urea groups is 1. The van der Waals surface area contributed by atoms with Gasteiger partial charge in [-0.3, -0.25) is 4.68 Å². The lowest BCUT2D eigenvalue weighted by Crippen LogP contribution is -2.52. The molecule has 39 heavy (non-hydrogen) atoms. The van der Waals surface area contributed by atoms with Crippen molar-refractivity contribution >= 4 is 40.3 Å². The Morgan fingerprint density at radius 2 is 1.74 bits per heavy atom. The Labute approximate surface area is 228 Å². The Balaban J connectivity index is 1.17. The first kappa shape index (κ1) is 25.6. The highest BCUT2D eigenvalue weighted by atomic mass is 16.5. The number of carbonyl (C=O) groups excluding carboxylic acids is 1. The molecule has 3 aromatic rings. The molecule has 2 N–H and O–H groups in total. The average Bonchev–Trinajstić information content (AvgIpc) is 3.74. The van der Waals surface area contributed by atoms with E-state index in [1.807, 2.05) is 28.0 Å². The van der Waals surface area contributed by atoms with Crippen molar-refractivity contribution in [1.29, 1.82) is 0 Å². The number of rotatable bonds is 7. The lowest BCUT2D eigenvalue weighted by atomic mass is 10.2. The predicted molar refractivity (Wildman–Crippen MR) is 151 cm³/mol. The van der Waals surface area contributed by atoms with Gasteiger partial charge in [-0.25, -0.2) is 9.78 Å². The van der Waals surface area contributed by atoms with E-state index in [9.17, 15) is 4.79 Å². The van der Waals surface area contributed by atoms with E-state index in [-0.39, 0.29) is 18.2 Å². The summed E-state index contributed by atoms with van der Waals surface area (Å²) in [5.41, 5.74) is 1.02. The van der Waals surface area contributed by atoms with Gasteiger partial charge in [0.1, 0.15) is 17.5 Å². The number of pyridine rings is 1. The third kappa shape index (κ3) is 5.70. The highest BCUT2D eigenvalue weighted by molar-refractivity contribution is 5.81. The Hall–Kier alpha value is -3.67. The van der Waals surface area contributed by atoms with Crippen molar-refractivity contribution in [1.82, 2.24) is 34.9 Å². The summed E-state index contributed by atoms with van der Waals surface area (Å²) in [7, 11) is 0. The number of fused-ring (bicyclic) bond motifs is 1. The Morgan fingerprint density at radius 1 is 1.00 bits per heavy atom. The molecule has 0 saturated carbocycles. The van der Waals surface area contributed by atoms with Crippen molar-refractivity contribution in [2.45, 2.75) is 51.7 Å². The molecule has 0 spiro atoms. The number of hydrogen-bond donors (Lipinski definition) is 2. The maximum Gasteiger partial charge on any atom is 0.317 e. The standard InChI is InChI=1S/C27H38N10O2/c1-19(2)37-22-14-23(28-16-20(22)17-30-37)31-26-32-24(34-7-3-4-8-34)15-25(33-26)35-9-11-36(12-10-35)27(38)29-18-21-6-5-13-39-21/h14-17,19,21H,3-13,18H2,1-2H3,(H,29,38)(H,28,31,32,33). The number of carbonyl (C=O) groups is 1. The molecule has 6 heterocycles. The molecular weight excluding hydrogens is 496 g/mol. The zero-order chi connectivity index (χ0) is 26.8. The van der Waals surface area contributed by atoms with Crippen molar-refractivity contribution in [3.8, 4) is 0 Å². The number of aromatic nitrogens is 5. The number of nitrogens with one attached hydrogen (secondary N) is 2. The number of ether oxygens (including phenoxy) is 1. The molecule has 12 heteroatoms. The largest absolute Gasteiger partial charge is 0.376 e. The van der Waals surface area contributed by atoms with Crippen LogP contribution >= 0.6 is 0 Å². The van der Waals surface area contributed by atoms with Gasteiger partial charge in [0.15, 0.2) is 0 Å². The van der Waals surface area contributed by atoms with E-state index in [1.54, 1.807) is 0 Å². The van der Waals surface area contributed by atoms with Gasteiger partial charge in [-0.2, -0.15) is 15.1 Å². The van der Waals surface area contributed by atoms with Crippen LogP contribution in [-0.4, -0.2) is 94.2 Å². The third-order valence-corrected chi connectivity index (χ3v) is 7.73. The first-order valence-electron chi connectivity index (χ1n) is 14.2. The Kier molecular flexibility index (Phi) is 7.36. The molecule has 1 unspecified atom stereocenters. The first-order valence-corrected chi connectivity index (χ1v) is 14.2. The quantitative estimate of drug-likeness (QED) is 0.471. The second-order valence-electron chi connectivity index (χ2n) is 10.8. The zero-order valence-electron chi connectivity index (χ0n) is 22.8. The summed E-state index contributed by atoms with van der Waals surface area (Å²) in [4.78, 5) is 33.5. The van der Waals surface area contributed by atoms with Crippen LogP contribution in [0.2, 0.25) is 0 Å². The molecule has 3 fully saturated rings. The molecule has 0 bridgehead atoms. The fourth-order valence-electron chi connectivity index (χ4n) is 5.54. The molecule has 3 saturated heterocycles. The van der Waals surface area contributed by atoms with Crippen molar-refractivity contribution in [2.24, 2.45) is 0 Å². The SMILES string of the molecule is CC(C)n1ncc2cnc(Nc3nc(N4CCCC4)cc(N4CCN(C(=O)NCC5CCCO5)CC4)n3)cc21. The lowest BCUT2D eigenvalue weighted by molar-refractivity contribution is 0.108. The smallest absolute Gasteiger partial charge is 0.317 e. The van der Waals surface area contributed by atoms with Gasteiger partial charge in [0.05, 0.1) is 17.8 Å². The van der Waals surface area contributed by atoms with Gasteiger partial charge in [0, 0.05) is 82.2 Å². The zero-order valence-corrected chi connectivity index (χ0v) is 22.8. The molecule has 12 nitrogen and oxygen atoms in total. The first-order chi connectivity index (χ1) is 19.0. The molecule has 3 aliphatic heterocycles. The van der Waals surface area contributed by atoms with Gasteiger partial charge in [0.2, 0.25) is 5.95 Å². The van der Waals surface area contributed by atoms with Crippen LogP contribution in [0, 0.1) is 0 Å². The summed E-state index contributed by atoms with van der Waals surface area (Å²) >= 11 is 0. The molecule has 0 aliphatic carbocycles. The fraction of sp³-hybridized carbons (Fsp3) is 0.593. The maximum absolute atomic E-state index is 12.7. The number of amides is 2. The van der Waals surface area contributed by atoms with E-state index in [0.717, 1.165) is 55.1 Å². The minimum absolute atomic E-state index is 0.0185. The van der Waals surface area contributed by atoms with E-state index < -0.39 is 0 Å². The van der Waals surface area contributed by atoms with Gasteiger partial charge in [0.25, 0.3) is 0 Å². The molecule has 0 aromatic carbocycles. The maximum atomic E-state index is 12.7. The molecule has 3 aliphatic rings. The van der Waals surface area contributed by atoms with Crippen molar-refractivity contribution < 1.29 is 9.53 Å². The molecule has 6 rings (SSSR count). The second kappa shape index (κ2) is 11.2. The molecule has 3 aromatic heterocycles. The summed E-state index contributed by atoms with van der Waals surface area (Å²) in [5.74, 6) is 2.99. The van der Waals surface area contributed by atoms with Crippen LogP contribution < -0.4 is 20.4 Å². The molecule has 208 valence electrons. The number of piperazine rings is 1. The summed E-state index contributed by atoms with van der Waals surface area (Å²) in [6.45, 7) is 10.3. The average molecular weight is 535 g/mol. The Bertz CT molecular complexity index is 1290. The van der Waals surface area contributed by atoms with Crippen molar-refractivity contribution in [3.05, 3.63) is 24.5 Å². The lowest BCUT2D eigenvalue weighted by Gasteiger charge is -2.36. The minimum atomic E-state index is -0.0185. The topological polar surface area (TPSA) is 117 Å². The van der Waals surface area contributed by atoms with Crippen LogP contribution in [0.4, 0.5) is 28.2 Å². The van der Waals surface area contributed by atoms with Gasteiger partial charge in [-0.1, -0.05) is 0 Å².